The Labute approximate surface area is 153 Å². The first-order chi connectivity index (χ1) is 12.4. The topological polar surface area (TPSA) is 66.9 Å². The maximum Gasteiger partial charge on any atom is 0.274 e. The lowest BCUT2D eigenvalue weighted by atomic mass is 10.2. The van der Waals surface area contributed by atoms with Crippen molar-refractivity contribution >= 4 is 34.8 Å². The van der Waals surface area contributed by atoms with Crippen LogP contribution in [0.5, 0.6) is 0 Å². The second kappa shape index (κ2) is 7.45. The molecule has 0 aliphatic heterocycles. The average Bonchev–Trinajstić information content (AvgIpc) is 2.60. The van der Waals surface area contributed by atoms with Gasteiger partial charge >= 0.3 is 0 Å². The molecule has 1 heterocycles. The van der Waals surface area contributed by atoms with E-state index in [0.717, 1.165) is 12.1 Å². The summed E-state index contributed by atoms with van der Waals surface area (Å²) in [6.45, 7) is 1.71. The van der Waals surface area contributed by atoms with Crippen molar-refractivity contribution in [2.24, 2.45) is 0 Å². The molecule has 0 radical (unpaired) electrons. The molecule has 0 aliphatic carbocycles. The van der Waals surface area contributed by atoms with Gasteiger partial charge in [0.15, 0.2) is 11.6 Å². The zero-order valence-electron chi connectivity index (χ0n) is 13.6. The average molecular weight is 375 g/mol. The van der Waals surface area contributed by atoms with Gasteiger partial charge in [0.05, 0.1) is 0 Å². The molecule has 0 fully saturated rings. The number of nitrogens with one attached hydrogen (secondary N) is 2. The van der Waals surface area contributed by atoms with Crippen molar-refractivity contribution in [3.05, 3.63) is 76.6 Å². The zero-order chi connectivity index (χ0) is 18.7. The van der Waals surface area contributed by atoms with Crippen LogP contribution in [-0.2, 0) is 0 Å². The Hall–Kier alpha value is -3.06. The van der Waals surface area contributed by atoms with E-state index in [9.17, 15) is 13.6 Å². The minimum absolute atomic E-state index is 0.0821. The number of anilines is 3. The zero-order valence-corrected chi connectivity index (χ0v) is 14.3. The van der Waals surface area contributed by atoms with Crippen LogP contribution in [0.1, 0.15) is 16.2 Å². The third-order valence-corrected chi connectivity index (χ3v) is 3.62. The van der Waals surface area contributed by atoms with Crippen LogP contribution in [0.25, 0.3) is 0 Å². The second-order valence-electron chi connectivity index (χ2n) is 5.43. The van der Waals surface area contributed by atoms with Gasteiger partial charge in [0, 0.05) is 28.2 Å². The van der Waals surface area contributed by atoms with E-state index in [4.69, 9.17) is 11.6 Å². The molecule has 0 atom stereocenters. The fraction of sp³-hybridized carbons (Fsp3) is 0.0556. The summed E-state index contributed by atoms with van der Waals surface area (Å²) >= 11 is 5.84. The van der Waals surface area contributed by atoms with Crippen LogP contribution in [0, 0.1) is 18.6 Å². The van der Waals surface area contributed by atoms with E-state index in [2.05, 4.69) is 20.6 Å². The smallest absolute Gasteiger partial charge is 0.274 e. The molecule has 3 rings (SSSR count). The number of carbonyl (C=O) groups is 1. The first-order valence-electron chi connectivity index (χ1n) is 7.55. The molecule has 2 aromatic carbocycles. The molecule has 0 aliphatic rings. The molecular weight excluding hydrogens is 362 g/mol. The van der Waals surface area contributed by atoms with Crippen molar-refractivity contribution in [3.8, 4) is 0 Å². The molecule has 0 saturated carbocycles. The summed E-state index contributed by atoms with van der Waals surface area (Å²) in [6.07, 6.45) is 0. The van der Waals surface area contributed by atoms with Gasteiger partial charge in [-0.3, -0.25) is 4.79 Å². The van der Waals surface area contributed by atoms with Gasteiger partial charge in [-0.2, -0.15) is 0 Å². The summed E-state index contributed by atoms with van der Waals surface area (Å²) in [7, 11) is 0. The van der Waals surface area contributed by atoms with Gasteiger partial charge < -0.3 is 10.6 Å². The van der Waals surface area contributed by atoms with Gasteiger partial charge in [0.1, 0.15) is 5.69 Å². The van der Waals surface area contributed by atoms with Crippen LogP contribution in [-0.4, -0.2) is 15.9 Å². The largest absolute Gasteiger partial charge is 0.324 e. The molecule has 0 spiro atoms. The third-order valence-electron chi connectivity index (χ3n) is 3.36. The summed E-state index contributed by atoms with van der Waals surface area (Å²) in [4.78, 5) is 20.7. The van der Waals surface area contributed by atoms with Crippen LogP contribution in [0.4, 0.5) is 26.1 Å². The Morgan fingerprint density at radius 3 is 2.35 bits per heavy atom. The molecule has 0 saturated heterocycles. The van der Waals surface area contributed by atoms with Crippen molar-refractivity contribution in [1.82, 2.24) is 9.97 Å². The van der Waals surface area contributed by atoms with E-state index in [1.165, 1.54) is 12.1 Å². The number of nitrogens with zero attached hydrogens (tertiary/aromatic N) is 2. The molecular formula is C18H13ClF2N4O. The maximum atomic E-state index is 13.3. The fourth-order valence-corrected chi connectivity index (χ4v) is 2.30. The monoisotopic (exact) mass is 374 g/mol. The van der Waals surface area contributed by atoms with Crippen LogP contribution < -0.4 is 10.6 Å². The van der Waals surface area contributed by atoms with E-state index in [1.807, 2.05) is 0 Å². The number of amides is 1. The number of aromatic nitrogens is 2. The van der Waals surface area contributed by atoms with Crippen molar-refractivity contribution in [3.63, 3.8) is 0 Å². The van der Waals surface area contributed by atoms with Gasteiger partial charge in [0.2, 0.25) is 5.95 Å². The van der Waals surface area contributed by atoms with Crippen LogP contribution in [0.3, 0.4) is 0 Å². The normalized spacial score (nSPS) is 10.5. The highest BCUT2D eigenvalue weighted by Gasteiger charge is 2.12. The Morgan fingerprint density at radius 1 is 0.962 bits per heavy atom. The Kier molecular flexibility index (Phi) is 5.09. The number of aryl methyl sites for hydroxylation is 1. The van der Waals surface area contributed by atoms with E-state index in [1.54, 1.807) is 31.2 Å². The third kappa shape index (κ3) is 4.31. The second-order valence-corrected chi connectivity index (χ2v) is 5.87. The fourth-order valence-electron chi connectivity index (χ4n) is 2.17. The predicted octanol–water partition coefficient (Wildman–Crippen LogP) is 4.71. The van der Waals surface area contributed by atoms with E-state index in [-0.39, 0.29) is 17.3 Å². The highest BCUT2D eigenvalue weighted by atomic mass is 35.5. The van der Waals surface area contributed by atoms with Crippen LogP contribution in [0.15, 0.2) is 48.5 Å². The standard InChI is InChI=1S/C18H13ClF2N4O/c1-10-8-16(17(26)23-13-6-7-14(20)15(21)9-13)25-18(22-10)24-12-4-2-11(19)3-5-12/h2-9H,1H3,(H,23,26)(H,22,24,25). The summed E-state index contributed by atoms with van der Waals surface area (Å²) in [5.74, 6) is -2.38. The summed E-state index contributed by atoms with van der Waals surface area (Å²) < 4.78 is 26.2. The first kappa shape index (κ1) is 17.8. The van der Waals surface area contributed by atoms with E-state index in [0.29, 0.717) is 16.4 Å². The molecule has 0 unspecified atom stereocenters. The lowest BCUT2D eigenvalue weighted by Gasteiger charge is -2.09. The molecule has 26 heavy (non-hydrogen) atoms. The van der Waals surface area contributed by atoms with Gasteiger partial charge in [-0.05, 0) is 49.4 Å². The van der Waals surface area contributed by atoms with Crippen LogP contribution >= 0.6 is 11.6 Å². The summed E-state index contributed by atoms with van der Waals surface area (Å²) in [6, 6.07) is 11.5. The lowest BCUT2D eigenvalue weighted by molar-refractivity contribution is 0.102. The number of hydrogen-bond acceptors (Lipinski definition) is 4. The maximum absolute atomic E-state index is 13.3. The van der Waals surface area contributed by atoms with Gasteiger partial charge in [-0.25, -0.2) is 18.7 Å². The van der Waals surface area contributed by atoms with E-state index < -0.39 is 17.5 Å². The summed E-state index contributed by atoms with van der Waals surface area (Å²) in [5.41, 5.74) is 1.47. The Balaban J connectivity index is 1.80. The van der Waals surface area contributed by atoms with Crippen molar-refractivity contribution < 1.29 is 13.6 Å². The van der Waals surface area contributed by atoms with Gasteiger partial charge in [-0.1, -0.05) is 11.6 Å². The molecule has 0 bridgehead atoms. The van der Waals surface area contributed by atoms with Crippen molar-refractivity contribution in [2.75, 3.05) is 10.6 Å². The van der Waals surface area contributed by atoms with E-state index >= 15 is 0 Å². The number of halogens is 3. The van der Waals surface area contributed by atoms with Crippen molar-refractivity contribution in [2.45, 2.75) is 6.92 Å². The first-order valence-corrected chi connectivity index (χ1v) is 7.93. The summed E-state index contributed by atoms with van der Waals surface area (Å²) in [5, 5.41) is 6.04. The number of benzene rings is 2. The number of carbonyl (C=O) groups excluding carboxylic acids is 1. The molecule has 1 amide bonds. The minimum Gasteiger partial charge on any atom is -0.324 e. The lowest BCUT2D eigenvalue weighted by Crippen LogP contribution is -2.15. The molecule has 132 valence electrons. The SMILES string of the molecule is Cc1cc(C(=O)Nc2ccc(F)c(F)c2)nc(Nc2ccc(Cl)cc2)n1. The quantitative estimate of drug-likeness (QED) is 0.694. The Bertz CT molecular complexity index is 964. The highest BCUT2D eigenvalue weighted by molar-refractivity contribution is 6.30. The molecule has 8 heteroatoms. The molecule has 5 nitrogen and oxygen atoms in total. The van der Waals surface area contributed by atoms with Gasteiger partial charge in [0.25, 0.3) is 5.91 Å². The minimum atomic E-state index is -1.05. The molecule has 2 N–H and O–H groups in total. The molecule has 3 aromatic rings. The predicted molar refractivity (Wildman–Crippen MR) is 95.8 cm³/mol. The number of hydrogen-bond donors (Lipinski definition) is 2. The highest BCUT2D eigenvalue weighted by Crippen LogP contribution is 2.18. The molecule has 1 aromatic heterocycles. The Morgan fingerprint density at radius 2 is 1.65 bits per heavy atom. The van der Waals surface area contributed by atoms with Gasteiger partial charge in [-0.15, -0.1) is 0 Å². The number of rotatable bonds is 4. The van der Waals surface area contributed by atoms with Crippen LogP contribution in [0.2, 0.25) is 5.02 Å². The van der Waals surface area contributed by atoms with Crippen molar-refractivity contribution in [1.29, 1.82) is 0 Å².